The van der Waals surface area contributed by atoms with Gasteiger partial charge in [0.2, 0.25) is 5.91 Å². The van der Waals surface area contributed by atoms with Crippen molar-refractivity contribution in [3.63, 3.8) is 0 Å². The molecule has 8 heteroatoms. The molecule has 1 heterocycles. The summed E-state index contributed by atoms with van der Waals surface area (Å²) >= 11 is 1.34. The van der Waals surface area contributed by atoms with Gasteiger partial charge in [-0.05, 0) is 35.9 Å². The smallest absolute Gasteiger partial charge is 0.303 e. The zero-order valence-corrected chi connectivity index (χ0v) is 16.3. The van der Waals surface area contributed by atoms with Crippen LogP contribution in [0.5, 0.6) is 11.5 Å². The molecule has 2 aromatic carbocycles. The van der Waals surface area contributed by atoms with Crippen molar-refractivity contribution in [1.29, 1.82) is 0 Å². The quantitative estimate of drug-likeness (QED) is 0.595. The summed E-state index contributed by atoms with van der Waals surface area (Å²) in [6.07, 6.45) is -0.103. The van der Waals surface area contributed by atoms with E-state index in [4.69, 9.17) is 9.47 Å². The summed E-state index contributed by atoms with van der Waals surface area (Å²) in [5, 5.41) is 12.5. The number of carboxylic acid groups (broad SMARTS) is 1. The molecule has 0 bridgehead atoms. The fraction of sp³-hybridized carbons (Fsp3) is 0.250. The van der Waals surface area contributed by atoms with Crippen LogP contribution in [0.2, 0.25) is 0 Å². The molecule has 0 saturated heterocycles. The van der Waals surface area contributed by atoms with Gasteiger partial charge in [0.05, 0.1) is 30.9 Å². The SMILES string of the molecule is COc1ccc(C(CC(=O)O)CC(=O)Nc2nc3ccc(OC)cc3s2)cc1. The molecule has 0 aliphatic heterocycles. The van der Waals surface area contributed by atoms with Crippen molar-refractivity contribution in [2.24, 2.45) is 0 Å². The van der Waals surface area contributed by atoms with E-state index in [-0.39, 0.29) is 18.7 Å². The predicted molar refractivity (Wildman–Crippen MR) is 107 cm³/mol. The number of carboxylic acids is 1. The van der Waals surface area contributed by atoms with E-state index in [1.165, 1.54) is 11.3 Å². The maximum absolute atomic E-state index is 12.5. The van der Waals surface area contributed by atoms with Gasteiger partial charge in [-0.3, -0.25) is 9.59 Å². The molecular formula is C20H20N2O5S. The van der Waals surface area contributed by atoms with Crippen LogP contribution in [0.4, 0.5) is 5.13 Å². The second kappa shape index (κ2) is 8.71. The number of rotatable bonds is 8. The second-order valence-corrected chi connectivity index (χ2v) is 7.20. The molecular weight excluding hydrogens is 380 g/mol. The summed E-state index contributed by atoms with van der Waals surface area (Å²) < 4.78 is 11.2. The maximum Gasteiger partial charge on any atom is 0.303 e. The van der Waals surface area contributed by atoms with E-state index in [2.05, 4.69) is 10.3 Å². The van der Waals surface area contributed by atoms with Crippen molar-refractivity contribution in [3.8, 4) is 11.5 Å². The Kier molecular flexibility index (Phi) is 6.10. The number of benzene rings is 2. The second-order valence-electron chi connectivity index (χ2n) is 6.17. The highest BCUT2D eigenvalue weighted by Crippen LogP contribution is 2.30. The van der Waals surface area contributed by atoms with Gasteiger partial charge in [0.25, 0.3) is 0 Å². The molecule has 1 amide bonds. The van der Waals surface area contributed by atoms with E-state index >= 15 is 0 Å². The van der Waals surface area contributed by atoms with Gasteiger partial charge in [0.1, 0.15) is 11.5 Å². The number of nitrogens with one attached hydrogen (secondary N) is 1. The lowest BCUT2D eigenvalue weighted by atomic mass is 9.92. The zero-order valence-electron chi connectivity index (χ0n) is 15.5. The molecule has 0 aliphatic rings. The Bertz CT molecular complexity index is 984. The topological polar surface area (TPSA) is 97.8 Å². The third kappa shape index (κ3) is 4.77. The van der Waals surface area contributed by atoms with Crippen LogP contribution in [0, 0.1) is 0 Å². The van der Waals surface area contributed by atoms with E-state index < -0.39 is 11.9 Å². The van der Waals surface area contributed by atoms with Crippen LogP contribution in [-0.2, 0) is 9.59 Å². The highest BCUT2D eigenvalue weighted by atomic mass is 32.1. The number of carbonyl (C=O) groups excluding carboxylic acids is 1. The van der Waals surface area contributed by atoms with Crippen LogP contribution in [0.25, 0.3) is 10.2 Å². The number of nitrogens with zero attached hydrogens (tertiary/aromatic N) is 1. The molecule has 0 fully saturated rings. The first-order valence-electron chi connectivity index (χ1n) is 8.58. The normalized spacial score (nSPS) is 11.8. The van der Waals surface area contributed by atoms with Crippen LogP contribution in [0.1, 0.15) is 24.3 Å². The van der Waals surface area contributed by atoms with Crippen LogP contribution in [-0.4, -0.2) is 36.2 Å². The first-order chi connectivity index (χ1) is 13.5. The highest BCUT2D eigenvalue weighted by molar-refractivity contribution is 7.22. The average molecular weight is 400 g/mol. The average Bonchev–Trinajstić information content (AvgIpc) is 3.08. The minimum atomic E-state index is -0.958. The first-order valence-corrected chi connectivity index (χ1v) is 9.40. The van der Waals surface area contributed by atoms with E-state index in [1.807, 2.05) is 12.1 Å². The highest BCUT2D eigenvalue weighted by Gasteiger charge is 2.20. The third-order valence-electron chi connectivity index (χ3n) is 4.28. The summed E-state index contributed by atoms with van der Waals surface area (Å²) in [5.41, 5.74) is 1.53. The van der Waals surface area contributed by atoms with Gasteiger partial charge < -0.3 is 19.9 Å². The Morgan fingerprint density at radius 3 is 2.39 bits per heavy atom. The number of carbonyl (C=O) groups is 2. The summed E-state index contributed by atoms with van der Waals surface area (Å²) in [6, 6.07) is 12.6. The fourth-order valence-corrected chi connectivity index (χ4v) is 3.78. The molecule has 2 N–H and O–H groups in total. The molecule has 7 nitrogen and oxygen atoms in total. The molecule has 1 atom stereocenters. The standard InChI is InChI=1S/C20H20N2O5S/c1-26-14-5-3-12(4-6-14)13(10-19(24)25)9-18(23)22-20-21-16-8-7-15(27-2)11-17(16)28-20/h3-8,11,13H,9-10H2,1-2H3,(H,24,25)(H,21,22,23). The van der Waals surface area contributed by atoms with E-state index in [0.29, 0.717) is 10.9 Å². The van der Waals surface area contributed by atoms with Crippen molar-refractivity contribution in [2.45, 2.75) is 18.8 Å². The van der Waals surface area contributed by atoms with Crippen LogP contribution in [0.3, 0.4) is 0 Å². The number of methoxy groups -OCH3 is 2. The third-order valence-corrected chi connectivity index (χ3v) is 5.22. The number of anilines is 1. The lowest BCUT2D eigenvalue weighted by molar-refractivity contribution is -0.137. The number of fused-ring (bicyclic) bond motifs is 1. The monoisotopic (exact) mass is 400 g/mol. The maximum atomic E-state index is 12.5. The zero-order chi connectivity index (χ0) is 20.1. The summed E-state index contributed by atoms with van der Waals surface area (Å²) in [7, 11) is 3.15. The Labute approximate surface area is 165 Å². The molecule has 0 saturated carbocycles. The van der Waals surface area contributed by atoms with Crippen molar-refractivity contribution in [2.75, 3.05) is 19.5 Å². The van der Waals surface area contributed by atoms with E-state index in [1.54, 1.807) is 44.6 Å². The van der Waals surface area contributed by atoms with Crippen molar-refractivity contribution in [1.82, 2.24) is 4.98 Å². The summed E-state index contributed by atoms with van der Waals surface area (Å²) in [4.78, 5) is 28.1. The van der Waals surface area contributed by atoms with Gasteiger partial charge in [-0.1, -0.05) is 23.5 Å². The van der Waals surface area contributed by atoms with Gasteiger partial charge in [-0.25, -0.2) is 4.98 Å². The Hall–Kier alpha value is -3.13. The number of aromatic nitrogens is 1. The largest absolute Gasteiger partial charge is 0.497 e. The van der Waals surface area contributed by atoms with Gasteiger partial charge in [0, 0.05) is 12.3 Å². The molecule has 146 valence electrons. The number of thiazole rings is 1. The van der Waals surface area contributed by atoms with Crippen molar-refractivity contribution >= 4 is 38.6 Å². The number of hydrogen-bond donors (Lipinski definition) is 2. The van der Waals surface area contributed by atoms with E-state index in [0.717, 1.165) is 21.5 Å². The van der Waals surface area contributed by atoms with E-state index in [9.17, 15) is 14.7 Å². The van der Waals surface area contributed by atoms with Gasteiger partial charge in [-0.2, -0.15) is 0 Å². The minimum absolute atomic E-state index is 0.0396. The Morgan fingerprint density at radius 2 is 1.75 bits per heavy atom. The first kappa shape index (κ1) is 19.6. The summed E-state index contributed by atoms with van der Waals surface area (Å²) in [5.74, 6) is -0.297. The van der Waals surface area contributed by atoms with Crippen LogP contribution < -0.4 is 14.8 Å². The molecule has 1 unspecified atom stereocenters. The van der Waals surface area contributed by atoms with Crippen molar-refractivity contribution in [3.05, 3.63) is 48.0 Å². The molecule has 0 spiro atoms. The molecule has 0 aliphatic carbocycles. The van der Waals surface area contributed by atoms with Crippen molar-refractivity contribution < 1.29 is 24.2 Å². The molecule has 1 aromatic heterocycles. The van der Waals surface area contributed by atoms with Gasteiger partial charge >= 0.3 is 5.97 Å². The fourth-order valence-electron chi connectivity index (χ4n) is 2.87. The Balaban J connectivity index is 1.73. The van der Waals surface area contributed by atoms with Gasteiger partial charge in [-0.15, -0.1) is 0 Å². The predicted octanol–water partition coefficient (Wildman–Crippen LogP) is 3.90. The lowest BCUT2D eigenvalue weighted by Crippen LogP contribution is -2.17. The number of aliphatic carboxylic acids is 1. The number of hydrogen-bond acceptors (Lipinski definition) is 6. The lowest BCUT2D eigenvalue weighted by Gasteiger charge is -2.15. The number of amides is 1. The molecule has 28 heavy (non-hydrogen) atoms. The summed E-state index contributed by atoms with van der Waals surface area (Å²) in [6.45, 7) is 0. The van der Waals surface area contributed by atoms with Crippen LogP contribution in [0.15, 0.2) is 42.5 Å². The molecule has 0 radical (unpaired) electrons. The molecule has 3 aromatic rings. The minimum Gasteiger partial charge on any atom is -0.497 e. The van der Waals surface area contributed by atoms with Gasteiger partial charge in [0.15, 0.2) is 5.13 Å². The Morgan fingerprint density at radius 1 is 1.07 bits per heavy atom. The number of ether oxygens (including phenoxy) is 2. The molecule has 3 rings (SSSR count). The van der Waals surface area contributed by atoms with Crippen LogP contribution >= 0.6 is 11.3 Å².